The minimum absolute atomic E-state index is 0.621. The molecule has 8 aromatic carbocycles. The molecular weight excluding hydrogens is 1170 g/mol. The molecule has 0 nitrogen and oxygen atoms in total. The van der Waals surface area contributed by atoms with E-state index in [2.05, 4.69) is 0 Å². The topological polar surface area (TPSA) is 0 Å². The third-order valence-corrected chi connectivity index (χ3v) is 15.9. The summed E-state index contributed by atoms with van der Waals surface area (Å²) in [5.74, 6) is -103. The Labute approximate surface area is 428 Å². The number of hydrogen-bond acceptors (Lipinski definition) is 0. The van der Waals surface area contributed by atoms with E-state index >= 15 is 123 Å². The first kappa shape index (κ1) is 53.5. The predicted octanol–water partition coefficient (Wildman–Crippen LogP) is 16.7. The molecule has 0 radical (unpaired) electrons. The Bertz CT molecular complexity index is 3820. The van der Waals surface area contributed by atoms with Crippen LogP contribution in [0.25, 0.3) is 44.5 Å². The Kier molecular flexibility index (Phi) is 11.2. The number of fused-ring (bicyclic) bond motifs is 12. The molecule has 0 spiro atoms. The minimum Gasteiger partial charge on any atom is -0.204 e. The molecule has 4 aliphatic carbocycles. The summed E-state index contributed by atoms with van der Waals surface area (Å²) in [5.41, 5.74) is -38.0. The zero-order valence-corrected chi connectivity index (χ0v) is 37.8. The van der Waals surface area contributed by atoms with Crippen LogP contribution in [0.1, 0.15) is 67.8 Å². The van der Waals surface area contributed by atoms with E-state index in [9.17, 15) is 0 Å². The molecule has 0 aromatic heterocycles. The van der Waals surface area contributed by atoms with Crippen molar-refractivity contribution in [3.8, 4) is 44.5 Å². The summed E-state index contributed by atoms with van der Waals surface area (Å²) in [6, 6.07) is -2.48. The fourth-order valence-electron chi connectivity index (χ4n) is 13.4. The second kappa shape index (κ2) is 17.0. The molecule has 416 valence electrons. The Morgan fingerprint density at radius 3 is 0.494 bits per heavy atom. The number of rotatable bonds is 4. The molecule has 4 atom stereocenters. The Morgan fingerprint density at radius 2 is 0.321 bits per heavy atom. The maximum atomic E-state index is 17.7. The molecule has 4 unspecified atom stereocenters. The first-order valence-electron chi connectivity index (χ1n) is 22.2. The van der Waals surface area contributed by atoms with Gasteiger partial charge < -0.3 is 0 Å². The lowest BCUT2D eigenvalue weighted by molar-refractivity contribution is 0.403. The van der Waals surface area contributed by atoms with Gasteiger partial charge in [-0.1, -0.05) is 22.3 Å². The summed E-state index contributed by atoms with van der Waals surface area (Å²) in [7, 11) is 0. The second-order valence-electron chi connectivity index (χ2n) is 19.0. The van der Waals surface area contributed by atoms with Crippen LogP contribution in [0.5, 0.6) is 0 Å². The lowest BCUT2D eigenvalue weighted by Crippen LogP contribution is -2.59. The summed E-state index contributed by atoms with van der Waals surface area (Å²) in [6.07, 6.45) is -6.62. The lowest BCUT2D eigenvalue weighted by atomic mass is 9.01. The quantitative estimate of drug-likeness (QED) is 0.0713. The van der Waals surface area contributed by atoms with Crippen molar-refractivity contribution in [3.63, 3.8) is 0 Å². The fraction of sp³-hybridized carbons (Fsp3) is 0.0769. The SMILES string of the molecule is Fc1cc2c(c(F)c1F)-c1c(F)c(F)c(F)c(F)c1C2[B-](C1c2cc(F)c(F)c(F)c2-c2c(F)c(F)c(F)c(F)c21)(C1c2cc(F)c(F)c(F)c2-c2c(F)c(F)c(F)c(F)c21)C1c2cc(F)c(F)c(F)c2-c2c(F)c(F)c(F)c(F)c21. The first-order valence-corrected chi connectivity index (χ1v) is 22.2. The molecule has 0 fully saturated rings. The maximum Gasteiger partial charge on any atom is 0.198 e. The van der Waals surface area contributed by atoms with Gasteiger partial charge in [-0.3, -0.25) is 0 Å². The van der Waals surface area contributed by atoms with Crippen LogP contribution in [0.4, 0.5) is 123 Å². The van der Waals surface area contributed by atoms with E-state index in [1.165, 1.54) is 0 Å². The van der Waals surface area contributed by atoms with Crippen LogP contribution >= 0.6 is 0 Å². The molecule has 12 rings (SSSR count). The number of hydrogen-bond donors (Lipinski definition) is 0. The van der Waals surface area contributed by atoms with Crippen molar-refractivity contribution < 1.29 is 123 Å². The molecule has 0 saturated heterocycles. The smallest absolute Gasteiger partial charge is 0.198 e. The van der Waals surface area contributed by atoms with E-state index in [1.54, 1.807) is 0 Å². The van der Waals surface area contributed by atoms with Gasteiger partial charge in [0, 0.05) is 44.5 Å². The molecule has 81 heavy (non-hydrogen) atoms. The number of halogens is 28. The first-order chi connectivity index (χ1) is 37.9. The van der Waals surface area contributed by atoms with Gasteiger partial charge in [0.25, 0.3) is 0 Å². The molecular formula is C52H8BF28-. The van der Waals surface area contributed by atoms with Crippen LogP contribution < -0.4 is 0 Å². The molecule has 0 N–H and O–H groups in total. The second-order valence-corrected chi connectivity index (χ2v) is 19.0. The van der Waals surface area contributed by atoms with Gasteiger partial charge in [0.2, 0.25) is 0 Å². The van der Waals surface area contributed by atoms with Crippen LogP contribution in [0.3, 0.4) is 0 Å². The van der Waals surface area contributed by atoms with Crippen molar-refractivity contribution in [2.24, 2.45) is 0 Å². The van der Waals surface area contributed by atoms with E-state index in [0.717, 1.165) is 0 Å². The third kappa shape index (κ3) is 6.10. The Balaban J connectivity index is 1.52. The lowest BCUT2D eigenvalue weighted by Gasteiger charge is -2.60. The Morgan fingerprint density at radius 1 is 0.173 bits per heavy atom. The van der Waals surface area contributed by atoms with E-state index < -0.39 is 306 Å². The molecule has 0 heterocycles. The van der Waals surface area contributed by atoms with Crippen molar-refractivity contribution in [1.29, 1.82) is 0 Å². The highest BCUT2D eigenvalue weighted by molar-refractivity contribution is 6.88. The van der Waals surface area contributed by atoms with Gasteiger partial charge >= 0.3 is 0 Å². The summed E-state index contributed by atoms with van der Waals surface area (Å²) >= 11 is 0. The van der Waals surface area contributed by atoms with Crippen molar-refractivity contribution in [1.82, 2.24) is 0 Å². The molecule has 0 aliphatic heterocycles. The average Bonchev–Trinajstić information content (AvgIpc) is 2.05. The van der Waals surface area contributed by atoms with Crippen molar-refractivity contribution >= 4 is 6.15 Å². The largest absolute Gasteiger partial charge is 0.204 e. The molecule has 0 saturated carbocycles. The number of benzene rings is 8. The van der Waals surface area contributed by atoms with Crippen LogP contribution in [-0.4, -0.2) is 6.15 Å². The molecule has 0 amide bonds. The normalized spacial score (nSPS) is 17.7. The van der Waals surface area contributed by atoms with Gasteiger partial charge in [0.1, 0.15) is 0 Å². The van der Waals surface area contributed by atoms with Crippen molar-refractivity contribution in [3.05, 3.63) is 232 Å². The fourth-order valence-corrected chi connectivity index (χ4v) is 13.4. The maximum absolute atomic E-state index is 17.7. The van der Waals surface area contributed by atoms with Crippen LogP contribution in [0.2, 0.25) is 0 Å². The zero-order chi connectivity index (χ0) is 59.0. The highest BCUT2D eigenvalue weighted by Gasteiger charge is 2.65. The standard InChI is InChI=1S/C52H8BF28/c54-9-1-5-13(33(62)29(9)58)17-21(41(70)49(78)45(74)37(17)66)25(5)53(26-6-2-10(55)30(59)34(63)14(6)18-22(26)42(71)50(79)46(75)38(18)67,27-7-3-11(56)31(60)35(64)15(7)19-23(27)43(72)51(80)47(76)39(19)68)28-8-4-12(57)32(61)36(65)16(8)20-24(28)44(73)52(81)48(77)40(20)69/h1-4,25-28H/q-1. The average molecular weight is 1180 g/mol. The summed E-state index contributed by atoms with van der Waals surface area (Å²) in [6.45, 7) is 0. The van der Waals surface area contributed by atoms with Crippen LogP contribution in [-0.2, 0) is 0 Å². The summed E-state index contributed by atoms with van der Waals surface area (Å²) in [5, 5.41) is 0. The minimum atomic E-state index is -6.62. The predicted molar refractivity (Wildman–Crippen MR) is 219 cm³/mol. The van der Waals surface area contributed by atoms with E-state index in [1.807, 2.05) is 0 Å². The highest BCUT2D eigenvalue weighted by atomic mass is 19.2. The molecule has 8 aromatic rings. The van der Waals surface area contributed by atoms with E-state index in [4.69, 9.17) is 0 Å². The van der Waals surface area contributed by atoms with Crippen LogP contribution in [0.15, 0.2) is 24.3 Å². The van der Waals surface area contributed by atoms with Gasteiger partial charge in [0.15, 0.2) is 163 Å². The van der Waals surface area contributed by atoms with Gasteiger partial charge in [-0.05, 0) is 46.5 Å². The van der Waals surface area contributed by atoms with Crippen molar-refractivity contribution in [2.75, 3.05) is 0 Å². The van der Waals surface area contributed by atoms with Gasteiger partial charge in [0.05, 0.1) is 6.15 Å². The molecule has 29 heteroatoms. The van der Waals surface area contributed by atoms with Crippen LogP contribution in [0, 0.1) is 163 Å². The molecule has 4 aliphatic rings. The summed E-state index contributed by atoms with van der Waals surface area (Å²) in [4.78, 5) is 0. The van der Waals surface area contributed by atoms with Crippen molar-refractivity contribution in [2.45, 2.75) is 23.3 Å². The van der Waals surface area contributed by atoms with Gasteiger partial charge in [-0.25, -0.2) is 123 Å². The third-order valence-electron chi connectivity index (χ3n) is 15.9. The van der Waals surface area contributed by atoms with E-state index in [0.29, 0.717) is 0 Å². The van der Waals surface area contributed by atoms with Gasteiger partial charge in [-0.15, -0.1) is 23.3 Å². The monoisotopic (exact) mass is 1180 g/mol. The van der Waals surface area contributed by atoms with Gasteiger partial charge in [-0.2, -0.15) is 0 Å². The molecule has 0 bridgehead atoms. The van der Waals surface area contributed by atoms with E-state index in [-0.39, 0.29) is 0 Å². The summed E-state index contributed by atoms with van der Waals surface area (Å²) < 4.78 is 462. The Hall–Kier alpha value is -8.14. The highest BCUT2D eigenvalue weighted by Crippen LogP contribution is 2.73. The zero-order valence-electron chi connectivity index (χ0n) is 37.8.